The molecule has 1 amide bonds. The number of nitrogens with one attached hydrogen (secondary N) is 1. The predicted molar refractivity (Wildman–Crippen MR) is 144 cm³/mol. The number of methoxy groups -OCH3 is 2. The first kappa shape index (κ1) is 25.5. The van der Waals surface area contributed by atoms with Crippen molar-refractivity contribution in [3.05, 3.63) is 106 Å². The molecule has 0 bridgehead atoms. The van der Waals surface area contributed by atoms with Gasteiger partial charge in [-0.25, -0.2) is 4.98 Å². The Morgan fingerprint density at radius 1 is 1.00 bits per heavy atom. The monoisotopic (exact) mass is 511 g/mol. The zero-order chi connectivity index (χ0) is 26.0. The number of ether oxygens (including phenoxy) is 3. The fourth-order valence-corrected chi connectivity index (χ4v) is 4.34. The third kappa shape index (κ3) is 6.97. The molecule has 0 aliphatic carbocycles. The van der Waals surface area contributed by atoms with E-state index in [9.17, 15) is 10.1 Å². The van der Waals surface area contributed by atoms with Gasteiger partial charge in [-0.15, -0.1) is 11.3 Å². The summed E-state index contributed by atoms with van der Waals surface area (Å²) < 4.78 is 16.5. The number of carbonyl (C=O) groups excluding carboxylic acids is 1. The molecule has 0 fully saturated rings. The molecule has 0 aliphatic rings. The van der Waals surface area contributed by atoms with Gasteiger partial charge in [-0.1, -0.05) is 48.5 Å². The van der Waals surface area contributed by atoms with Crippen LogP contribution in [0.1, 0.15) is 21.6 Å². The predicted octanol–water partition coefficient (Wildman–Crippen LogP) is 5.88. The first-order valence-corrected chi connectivity index (χ1v) is 12.2. The number of nitriles is 1. The van der Waals surface area contributed by atoms with Crippen LogP contribution in [0.2, 0.25) is 0 Å². The van der Waals surface area contributed by atoms with E-state index >= 15 is 0 Å². The molecule has 4 aromatic rings. The third-order valence-corrected chi connectivity index (χ3v) is 6.33. The molecule has 0 saturated heterocycles. The van der Waals surface area contributed by atoms with E-state index in [1.165, 1.54) is 17.4 Å². The molecule has 0 radical (unpaired) electrons. The summed E-state index contributed by atoms with van der Waals surface area (Å²) in [6.07, 6.45) is 3.90. The normalized spacial score (nSPS) is 10.9. The number of carbonyl (C=O) groups is 1. The van der Waals surface area contributed by atoms with Gasteiger partial charge in [-0.3, -0.25) is 10.1 Å². The van der Waals surface area contributed by atoms with Gasteiger partial charge >= 0.3 is 0 Å². The van der Waals surface area contributed by atoms with Gasteiger partial charge < -0.3 is 14.2 Å². The molecule has 8 heteroatoms. The summed E-state index contributed by atoms with van der Waals surface area (Å²) >= 11 is 1.36. The van der Waals surface area contributed by atoms with E-state index in [1.807, 2.05) is 60.7 Å². The summed E-state index contributed by atoms with van der Waals surface area (Å²) in [4.78, 5) is 18.0. The van der Waals surface area contributed by atoms with E-state index < -0.39 is 5.91 Å². The molecule has 37 heavy (non-hydrogen) atoms. The molecule has 186 valence electrons. The number of amides is 1. The van der Waals surface area contributed by atoms with Crippen LogP contribution in [-0.4, -0.2) is 25.1 Å². The SMILES string of the molecule is COc1ccc(Cc2cnc(NC(=O)C(C#N)=Cc3ccc(OCc4ccccc4)c(OC)c3)s2)cc1. The topological polar surface area (TPSA) is 93.5 Å². The molecule has 1 aromatic heterocycles. The Bertz CT molecular complexity index is 1420. The van der Waals surface area contributed by atoms with Gasteiger partial charge in [-0.05, 0) is 47.0 Å². The van der Waals surface area contributed by atoms with Crippen LogP contribution < -0.4 is 19.5 Å². The molecule has 0 atom stereocenters. The van der Waals surface area contributed by atoms with Crippen LogP contribution >= 0.6 is 11.3 Å². The van der Waals surface area contributed by atoms with Gasteiger partial charge in [0.15, 0.2) is 16.6 Å². The van der Waals surface area contributed by atoms with Gasteiger partial charge in [0.05, 0.1) is 14.2 Å². The number of hydrogen-bond donors (Lipinski definition) is 1. The fourth-order valence-electron chi connectivity index (χ4n) is 3.50. The maximum Gasteiger partial charge on any atom is 0.268 e. The largest absolute Gasteiger partial charge is 0.497 e. The number of nitrogens with zero attached hydrogens (tertiary/aromatic N) is 2. The Balaban J connectivity index is 1.41. The minimum absolute atomic E-state index is 0.0492. The highest BCUT2D eigenvalue weighted by Crippen LogP contribution is 2.30. The quantitative estimate of drug-likeness (QED) is 0.211. The van der Waals surface area contributed by atoms with Crippen molar-refractivity contribution in [1.82, 2.24) is 4.98 Å². The van der Waals surface area contributed by atoms with E-state index in [4.69, 9.17) is 14.2 Å². The van der Waals surface area contributed by atoms with Crippen LogP contribution in [0.3, 0.4) is 0 Å². The van der Waals surface area contributed by atoms with Crippen molar-refractivity contribution in [2.75, 3.05) is 19.5 Å². The molecule has 0 saturated carbocycles. The van der Waals surface area contributed by atoms with Crippen molar-refractivity contribution in [1.29, 1.82) is 5.26 Å². The lowest BCUT2D eigenvalue weighted by atomic mass is 10.1. The summed E-state index contributed by atoms with van der Waals surface area (Å²) in [5.74, 6) is 1.34. The highest BCUT2D eigenvalue weighted by atomic mass is 32.1. The van der Waals surface area contributed by atoms with Crippen LogP contribution in [0.5, 0.6) is 17.2 Å². The summed E-state index contributed by atoms with van der Waals surface area (Å²) in [6.45, 7) is 0.395. The lowest BCUT2D eigenvalue weighted by Crippen LogP contribution is -2.13. The minimum atomic E-state index is -0.531. The van der Waals surface area contributed by atoms with Crippen molar-refractivity contribution in [2.24, 2.45) is 0 Å². The average molecular weight is 512 g/mol. The van der Waals surface area contributed by atoms with E-state index in [-0.39, 0.29) is 5.57 Å². The molecular formula is C29H25N3O4S. The molecule has 7 nitrogen and oxygen atoms in total. The smallest absolute Gasteiger partial charge is 0.268 e. The number of anilines is 1. The van der Waals surface area contributed by atoms with Crippen LogP contribution in [0.4, 0.5) is 5.13 Å². The highest BCUT2D eigenvalue weighted by molar-refractivity contribution is 7.15. The maximum atomic E-state index is 12.8. The summed E-state index contributed by atoms with van der Waals surface area (Å²) in [5.41, 5.74) is 2.72. The molecule has 4 rings (SSSR count). The molecule has 1 N–H and O–H groups in total. The summed E-state index contributed by atoms with van der Waals surface area (Å²) in [5, 5.41) is 12.8. The maximum absolute atomic E-state index is 12.8. The second-order valence-corrected chi connectivity index (χ2v) is 9.08. The van der Waals surface area contributed by atoms with Gasteiger partial charge in [0.1, 0.15) is 24.0 Å². The Kier molecular flexibility index (Phi) is 8.53. The Morgan fingerprint density at radius 2 is 1.78 bits per heavy atom. The number of aromatic nitrogens is 1. The second-order valence-electron chi connectivity index (χ2n) is 7.97. The highest BCUT2D eigenvalue weighted by Gasteiger charge is 2.14. The number of rotatable bonds is 10. The van der Waals surface area contributed by atoms with Gasteiger partial charge in [-0.2, -0.15) is 5.26 Å². The molecule has 3 aromatic carbocycles. The zero-order valence-electron chi connectivity index (χ0n) is 20.4. The number of hydrogen-bond acceptors (Lipinski definition) is 7. The first-order chi connectivity index (χ1) is 18.1. The Labute approximate surface area is 219 Å². The van der Waals surface area contributed by atoms with Crippen molar-refractivity contribution >= 4 is 28.5 Å². The van der Waals surface area contributed by atoms with Gasteiger partial charge in [0.25, 0.3) is 5.91 Å². The van der Waals surface area contributed by atoms with E-state index in [0.29, 0.717) is 35.2 Å². The molecule has 0 aliphatic heterocycles. The molecule has 0 spiro atoms. The van der Waals surface area contributed by atoms with E-state index in [0.717, 1.165) is 21.8 Å². The zero-order valence-corrected chi connectivity index (χ0v) is 21.2. The van der Waals surface area contributed by atoms with Crippen molar-refractivity contribution in [3.63, 3.8) is 0 Å². The Hall–Kier alpha value is -4.61. The minimum Gasteiger partial charge on any atom is -0.497 e. The van der Waals surface area contributed by atoms with Crippen LogP contribution in [0, 0.1) is 11.3 Å². The fraction of sp³-hybridized carbons (Fsp3) is 0.138. The third-order valence-electron chi connectivity index (χ3n) is 5.41. The molecule has 1 heterocycles. The summed E-state index contributed by atoms with van der Waals surface area (Å²) in [7, 11) is 3.17. The lowest BCUT2D eigenvalue weighted by molar-refractivity contribution is -0.112. The van der Waals surface area contributed by atoms with Crippen LogP contribution in [-0.2, 0) is 17.8 Å². The first-order valence-electron chi connectivity index (χ1n) is 11.4. The summed E-state index contributed by atoms with van der Waals surface area (Å²) in [6, 6.07) is 24.8. The van der Waals surface area contributed by atoms with Crippen LogP contribution in [0.25, 0.3) is 6.08 Å². The second kappa shape index (κ2) is 12.4. The number of thiazole rings is 1. The van der Waals surface area contributed by atoms with Gasteiger partial charge in [0.2, 0.25) is 0 Å². The Morgan fingerprint density at radius 3 is 2.49 bits per heavy atom. The standard InChI is InChI=1S/C29H25N3O4S/c1-34-24-11-8-20(9-12-24)15-25-18-31-29(37-25)32-28(33)23(17-30)14-22-10-13-26(27(16-22)35-2)36-19-21-6-4-3-5-7-21/h3-14,16,18H,15,19H2,1-2H3,(H,31,32,33). The molecular weight excluding hydrogens is 486 g/mol. The molecule has 0 unspecified atom stereocenters. The van der Waals surface area contributed by atoms with Crippen molar-refractivity contribution < 1.29 is 19.0 Å². The van der Waals surface area contributed by atoms with Gasteiger partial charge in [0, 0.05) is 17.5 Å². The number of benzene rings is 3. The van der Waals surface area contributed by atoms with E-state index in [1.54, 1.807) is 38.6 Å². The van der Waals surface area contributed by atoms with E-state index in [2.05, 4.69) is 10.3 Å². The lowest BCUT2D eigenvalue weighted by Gasteiger charge is -2.11. The van der Waals surface area contributed by atoms with Crippen molar-refractivity contribution in [2.45, 2.75) is 13.0 Å². The van der Waals surface area contributed by atoms with Crippen LogP contribution in [0.15, 0.2) is 84.6 Å². The van der Waals surface area contributed by atoms with Crippen molar-refractivity contribution in [3.8, 4) is 23.3 Å². The average Bonchev–Trinajstić information content (AvgIpc) is 3.38.